The summed E-state index contributed by atoms with van der Waals surface area (Å²) in [7, 11) is -0.216. The topological polar surface area (TPSA) is 46.2 Å². The van der Waals surface area contributed by atoms with E-state index in [1.807, 2.05) is 6.92 Å². The van der Waals surface area contributed by atoms with E-state index in [0.717, 1.165) is 19.2 Å². The molecule has 122 valence electrons. The van der Waals surface area contributed by atoms with Gasteiger partial charge in [0.15, 0.2) is 14.6 Å². The number of hydrogen-bond acceptors (Lipinski definition) is 5. The Hall–Kier alpha value is 0.0818. The molecule has 2 rings (SSSR count). The summed E-state index contributed by atoms with van der Waals surface area (Å²) in [6.45, 7) is 10.7. The van der Waals surface area contributed by atoms with Crippen molar-refractivity contribution in [2.24, 2.45) is 0 Å². The van der Waals surface area contributed by atoms with E-state index < -0.39 is 8.32 Å². The maximum atomic E-state index is 6.28. The van der Waals surface area contributed by atoms with Gasteiger partial charge in [-0.25, -0.2) is 0 Å². The Bertz CT molecular complexity index is 338. The normalized spacial score (nSPS) is 36.9. The number of unbranched alkanes of at least 4 members (excludes halogenated alkanes) is 1. The molecule has 2 saturated heterocycles. The van der Waals surface area contributed by atoms with E-state index in [4.69, 9.17) is 23.2 Å². The van der Waals surface area contributed by atoms with Gasteiger partial charge < -0.3 is 23.2 Å². The van der Waals surface area contributed by atoms with Gasteiger partial charge in [-0.15, -0.1) is 0 Å². The van der Waals surface area contributed by atoms with Crippen LogP contribution in [0.4, 0.5) is 0 Å². The first-order valence-electron chi connectivity index (χ1n) is 8.02. The fourth-order valence-electron chi connectivity index (χ4n) is 2.93. The molecule has 5 nitrogen and oxygen atoms in total. The van der Waals surface area contributed by atoms with Gasteiger partial charge in [0.25, 0.3) is 0 Å². The lowest BCUT2D eigenvalue weighted by atomic mass is 9.83. The minimum absolute atomic E-state index is 0.0481. The van der Waals surface area contributed by atoms with Crippen molar-refractivity contribution in [1.82, 2.24) is 0 Å². The molecule has 0 saturated carbocycles. The van der Waals surface area contributed by atoms with Crippen LogP contribution in [0.1, 0.15) is 26.7 Å². The summed E-state index contributed by atoms with van der Waals surface area (Å²) in [5.41, 5.74) is 0. The molecule has 2 heterocycles. The zero-order valence-corrected chi connectivity index (χ0v) is 15.1. The quantitative estimate of drug-likeness (QED) is 0.705. The molecule has 21 heavy (non-hydrogen) atoms. The fraction of sp³-hybridized carbons (Fsp3) is 1.00. The predicted molar refractivity (Wildman–Crippen MR) is 84.8 cm³/mol. The molecule has 0 N–H and O–H groups in total. The highest BCUT2D eigenvalue weighted by Crippen LogP contribution is 2.35. The van der Waals surface area contributed by atoms with Gasteiger partial charge in [0.05, 0.1) is 18.3 Å². The molecular weight excluding hydrogens is 287 g/mol. The number of methoxy groups -OCH3 is 1. The average Bonchev–Trinajstić information content (AvgIpc) is 2.83. The Morgan fingerprint density at radius 3 is 2.38 bits per heavy atom. The summed E-state index contributed by atoms with van der Waals surface area (Å²) in [5, 5.41) is 0. The Morgan fingerprint density at radius 2 is 1.81 bits per heavy atom. The maximum absolute atomic E-state index is 6.28. The van der Waals surface area contributed by atoms with Crippen LogP contribution in [0.15, 0.2) is 0 Å². The Labute approximate surface area is 129 Å². The molecule has 5 unspecified atom stereocenters. The number of rotatable bonds is 6. The highest BCUT2D eigenvalue weighted by molar-refractivity contribution is 6.69. The van der Waals surface area contributed by atoms with Crippen molar-refractivity contribution in [2.45, 2.75) is 83.4 Å². The van der Waals surface area contributed by atoms with Gasteiger partial charge in [0, 0.05) is 7.11 Å². The van der Waals surface area contributed by atoms with Crippen LogP contribution in [0.3, 0.4) is 0 Å². The van der Waals surface area contributed by atoms with Gasteiger partial charge in [-0.3, -0.25) is 0 Å². The first-order valence-corrected chi connectivity index (χ1v) is 11.4. The standard InChI is InChI=1S/C14H29BO5Si/c1-7-8-9-15-18-11-10(2)17-14(16-3)13(12(11)19-15)20-21(4,5)6/h10-14H,7-9H2,1-6H3. The van der Waals surface area contributed by atoms with E-state index in [0.29, 0.717) is 0 Å². The van der Waals surface area contributed by atoms with Crippen molar-refractivity contribution in [1.29, 1.82) is 0 Å². The number of fused-ring (bicyclic) bond motifs is 1. The second-order valence-electron chi connectivity index (χ2n) is 6.91. The van der Waals surface area contributed by atoms with Gasteiger partial charge >= 0.3 is 7.12 Å². The minimum atomic E-state index is -1.73. The molecular formula is C14H29BO5Si. The molecule has 2 fully saturated rings. The van der Waals surface area contributed by atoms with Gasteiger partial charge in [-0.05, 0) is 32.9 Å². The Morgan fingerprint density at radius 1 is 1.14 bits per heavy atom. The van der Waals surface area contributed by atoms with E-state index in [9.17, 15) is 0 Å². The summed E-state index contributed by atoms with van der Waals surface area (Å²) in [6.07, 6.45) is 2.34. The third-order valence-corrected chi connectivity index (χ3v) is 4.84. The van der Waals surface area contributed by atoms with Crippen molar-refractivity contribution in [3.8, 4) is 0 Å². The van der Waals surface area contributed by atoms with Gasteiger partial charge in [-0.2, -0.15) is 0 Å². The monoisotopic (exact) mass is 316 g/mol. The number of ether oxygens (including phenoxy) is 2. The molecule has 0 aromatic heterocycles. The van der Waals surface area contributed by atoms with E-state index in [-0.39, 0.29) is 37.8 Å². The second kappa shape index (κ2) is 7.10. The molecule has 7 heteroatoms. The molecule has 0 aromatic rings. The summed E-state index contributed by atoms with van der Waals surface area (Å²) in [5.74, 6) is 0. The third-order valence-electron chi connectivity index (χ3n) is 3.86. The third kappa shape index (κ3) is 4.30. The number of hydrogen-bond donors (Lipinski definition) is 0. The molecule has 0 amide bonds. The maximum Gasteiger partial charge on any atom is 0.457 e. The lowest BCUT2D eigenvalue weighted by Crippen LogP contribution is -2.59. The molecule has 0 aliphatic carbocycles. The van der Waals surface area contributed by atoms with Gasteiger partial charge in [0.1, 0.15) is 6.10 Å². The van der Waals surface area contributed by atoms with Crippen molar-refractivity contribution in [3.63, 3.8) is 0 Å². The van der Waals surface area contributed by atoms with Crippen LogP contribution in [0, 0.1) is 0 Å². The average molecular weight is 316 g/mol. The molecule has 2 aliphatic rings. The molecule has 2 aliphatic heterocycles. The lowest BCUT2D eigenvalue weighted by Gasteiger charge is -2.43. The van der Waals surface area contributed by atoms with E-state index >= 15 is 0 Å². The smallest absolute Gasteiger partial charge is 0.407 e. The second-order valence-corrected chi connectivity index (χ2v) is 11.4. The highest BCUT2D eigenvalue weighted by Gasteiger charge is 2.53. The van der Waals surface area contributed by atoms with Crippen LogP contribution in [0.2, 0.25) is 26.0 Å². The van der Waals surface area contributed by atoms with Crippen LogP contribution in [0.25, 0.3) is 0 Å². The molecule has 5 atom stereocenters. The SMILES string of the molecule is CCCCB1OC2C(C)OC(OC)C(O[Si](C)(C)C)C2O1. The highest BCUT2D eigenvalue weighted by atomic mass is 28.4. The summed E-state index contributed by atoms with van der Waals surface area (Å²) in [4.78, 5) is 0. The minimum Gasteiger partial charge on any atom is -0.407 e. The van der Waals surface area contributed by atoms with Crippen LogP contribution in [0.5, 0.6) is 0 Å². The summed E-state index contributed by atoms with van der Waals surface area (Å²) in [6, 6.07) is 0. The molecule has 0 bridgehead atoms. The first kappa shape index (κ1) is 17.4. The van der Waals surface area contributed by atoms with Crippen LogP contribution < -0.4 is 0 Å². The van der Waals surface area contributed by atoms with Crippen molar-refractivity contribution in [3.05, 3.63) is 0 Å². The Kier molecular flexibility index (Phi) is 5.90. The fourth-order valence-corrected chi connectivity index (χ4v) is 3.99. The van der Waals surface area contributed by atoms with Crippen LogP contribution in [-0.2, 0) is 23.2 Å². The van der Waals surface area contributed by atoms with Crippen molar-refractivity contribution >= 4 is 15.4 Å². The van der Waals surface area contributed by atoms with E-state index in [2.05, 4.69) is 26.6 Å². The van der Waals surface area contributed by atoms with E-state index in [1.165, 1.54) is 0 Å². The van der Waals surface area contributed by atoms with Crippen LogP contribution >= 0.6 is 0 Å². The summed E-state index contributed by atoms with van der Waals surface area (Å²) >= 11 is 0. The first-order chi connectivity index (χ1) is 9.85. The van der Waals surface area contributed by atoms with Gasteiger partial charge in [-0.1, -0.05) is 19.8 Å². The predicted octanol–water partition coefficient (Wildman–Crippen LogP) is 2.67. The van der Waals surface area contributed by atoms with E-state index in [1.54, 1.807) is 7.11 Å². The zero-order valence-electron chi connectivity index (χ0n) is 14.1. The van der Waals surface area contributed by atoms with Crippen molar-refractivity contribution in [2.75, 3.05) is 7.11 Å². The molecule has 0 aromatic carbocycles. The largest absolute Gasteiger partial charge is 0.457 e. The molecule has 0 spiro atoms. The molecule has 0 radical (unpaired) electrons. The van der Waals surface area contributed by atoms with Crippen LogP contribution in [-0.4, -0.2) is 53.3 Å². The van der Waals surface area contributed by atoms with Gasteiger partial charge in [0.2, 0.25) is 0 Å². The summed E-state index contributed by atoms with van der Waals surface area (Å²) < 4.78 is 29.9. The van der Waals surface area contributed by atoms with Crippen molar-refractivity contribution < 1.29 is 23.2 Å². The zero-order chi connectivity index (χ0) is 15.6. The lowest BCUT2D eigenvalue weighted by molar-refractivity contribution is -0.260. The Balaban J connectivity index is 2.10.